The third-order valence-electron chi connectivity index (χ3n) is 2.03. The van der Waals surface area contributed by atoms with Crippen molar-refractivity contribution in [1.82, 2.24) is 5.32 Å². The molecule has 0 aliphatic heterocycles. The van der Waals surface area contributed by atoms with Crippen molar-refractivity contribution in [2.24, 2.45) is 0 Å². The van der Waals surface area contributed by atoms with Gasteiger partial charge >= 0.3 is 0 Å². The lowest BCUT2D eigenvalue weighted by molar-refractivity contribution is 0.241. The second kappa shape index (κ2) is 5.38. The van der Waals surface area contributed by atoms with Gasteiger partial charge in [0.05, 0.1) is 24.8 Å². The molecule has 0 heterocycles. The van der Waals surface area contributed by atoms with Crippen molar-refractivity contribution in [3.8, 4) is 6.07 Å². The molecule has 2 N–H and O–H groups in total. The summed E-state index contributed by atoms with van der Waals surface area (Å²) in [5.41, 5.74) is 0.997. The maximum absolute atomic E-state index is 9.15. The Morgan fingerprint density at radius 1 is 1.43 bits per heavy atom. The lowest BCUT2D eigenvalue weighted by Crippen LogP contribution is -2.31. The molecule has 0 bridgehead atoms. The van der Waals surface area contributed by atoms with Gasteiger partial charge in [0, 0.05) is 0 Å². The van der Waals surface area contributed by atoms with E-state index < -0.39 is 0 Å². The van der Waals surface area contributed by atoms with E-state index in [1.807, 2.05) is 30.3 Å². The number of aliphatic hydroxyl groups excluding tert-OH is 1. The van der Waals surface area contributed by atoms with Gasteiger partial charge in [0.25, 0.3) is 0 Å². The van der Waals surface area contributed by atoms with E-state index in [1.54, 1.807) is 6.92 Å². The van der Waals surface area contributed by atoms with Crippen LogP contribution in [0.1, 0.15) is 18.5 Å². The van der Waals surface area contributed by atoms with Crippen LogP contribution in [0.25, 0.3) is 0 Å². The monoisotopic (exact) mass is 190 g/mol. The molecule has 1 rings (SSSR count). The maximum Gasteiger partial charge on any atom is 0.0929 e. The summed E-state index contributed by atoms with van der Waals surface area (Å²) < 4.78 is 0. The summed E-state index contributed by atoms with van der Waals surface area (Å²) in [6.45, 7) is 1.77. The summed E-state index contributed by atoms with van der Waals surface area (Å²) in [5, 5.41) is 20.8. The third-order valence-corrected chi connectivity index (χ3v) is 2.03. The van der Waals surface area contributed by atoms with E-state index in [-0.39, 0.29) is 18.7 Å². The molecule has 3 nitrogen and oxygen atoms in total. The van der Waals surface area contributed by atoms with Gasteiger partial charge in [-0.2, -0.15) is 5.26 Å². The summed E-state index contributed by atoms with van der Waals surface area (Å²) in [5.74, 6) is 0. The molecule has 2 atom stereocenters. The van der Waals surface area contributed by atoms with E-state index in [0.29, 0.717) is 0 Å². The van der Waals surface area contributed by atoms with Crippen LogP contribution in [-0.2, 0) is 0 Å². The molecule has 1 aromatic rings. The highest BCUT2D eigenvalue weighted by Crippen LogP contribution is 2.11. The molecule has 0 aliphatic carbocycles. The molecule has 14 heavy (non-hydrogen) atoms. The lowest BCUT2D eigenvalue weighted by Gasteiger charge is -2.17. The lowest BCUT2D eigenvalue weighted by atomic mass is 10.1. The normalized spacial score (nSPS) is 14.4. The molecule has 0 aliphatic rings. The first-order chi connectivity index (χ1) is 6.77. The number of rotatable bonds is 4. The average Bonchev–Trinajstić information content (AvgIpc) is 2.26. The average molecular weight is 190 g/mol. The van der Waals surface area contributed by atoms with Gasteiger partial charge in [-0.1, -0.05) is 30.3 Å². The molecule has 0 fully saturated rings. The Labute approximate surface area is 84.0 Å². The molecule has 0 spiro atoms. The minimum atomic E-state index is -0.257. The molecule has 2 unspecified atom stereocenters. The minimum Gasteiger partial charge on any atom is -0.394 e. The quantitative estimate of drug-likeness (QED) is 0.750. The van der Waals surface area contributed by atoms with Gasteiger partial charge in [-0.15, -0.1) is 0 Å². The fourth-order valence-electron chi connectivity index (χ4n) is 1.28. The molecule has 74 valence electrons. The molecule has 0 radical (unpaired) electrons. The highest BCUT2D eigenvalue weighted by molar-refractivity contribution is 5.19. The van der Waals surface area contributed by atoms with Crippen LogP contribution in [0.3, 0.4) is 0 Å². The number of hydrogen-bond acceptors (Lipinski definition) is 3. The Morgan fingerprint density at radius 3 is 2.57 bits per heavy atom. The molecular formula is C11H14N2O. The van der Waals surface area contributed by atoms with Crippen molar-refractivity contribution >= 4 is 0 Å². The van der Waals surface area contributed by atoms with Crippen LogP contribution in [0.4, 0.5) is 0 Å². The van der Waals surface area contributed by atoms with E-state index in [2.05, 4.69) is 11.4 Å². The fraction of sp³-hybridized carbons (Fsp3) is 0.364. The zero-order chi connectivity index (χ0) is 10.4. The SMILES string of the molecule is CC(C#N)NC(CO)c1ccccc1. The van der Waals surface area contributed by atoms with E-state index >= 15 is 0 Å². The largest absolute Gasteiger partial charge is 0.394 e. The topological polar surface area (TPSA) is 56.0 Å². The Kier molecular flexibility index (Phi) is 4.11. The van der Waals surface area contributed by atoms with Gasteiger partial charge in [-0.3, -0.25) is 5.32 Å². The third kappa shape index (κ3) is 2.84. The number of nitrogens with one attached hydrogen (secondary N) is 1. The highest BCUT2D eigenvalue weighted by atomic mass is 16.3. The van der Waals surface area contributed by atoms with Gasteiger partial charge < -0.3 is 5.11 Å². The molecular weight excluding hydrogens is 176 g/mol. The molecule has 0 saturated carbocycles. The fourth-order valence-corrected chi connectivity index (χ4v) is 1.28. The van der Waals surface area contributed by atoms with E-state index in [4.69, 9.17) is 10.4 Å². The van der Waals surface area contributed by atoms with Gasteiger partial charge in [-0.05, 0) is 12.5 Å². The van der Waals surface area contributed by atoms with E-state index in [0.717, 1.165) is 5.56 Å². The summed E-state index contributed by atoms with van der Waals surface area (Å²) in [4.78, 5) is 0. The van der Waals surface area contributed by atoms with E-state index in [9.17, 15) is 0 Å². The molecule has 0 saturated heterocycles. The summed E-state index contributed by atoms with van der Waals surface area (Å²) in [6.07, 6.45) is 0. The van der Waals surface area contributed by atoms with Crippen LogP contribution in [0, 0.1) is 11.3 Å². The van der Waals surface area contributed by atoms with Gasteiger partial charge in [0.15, 0.2) is 0 Å². The summed E-state index contributed by atoms with van der Waals surface area (Å²) in [7, 11) is 0. The number of nitrogens with zero attached hydrogens (tertiary/aromatic N) is 1. The van der Waals surface area contributed by atoms with Gasteiger partial charge in [0.2, 0.25) is 0 Å². The molecule has 1 aromatic carbocycles. The van der Waals surface area contributed by atoms with Crippen molar-refractivity contribution in [2.45, 2.75) is 19.0 Å². The summed E-state index contributed by atoms with van der Waals surface area (Å²) >= 11 is 0. The predicted molar refractivity (Wildman–Crippen MR) is 54.5 cm³/mol. The first kappa shape index (κ1) is 10.7. The van der Waals surface area contributed by atoms with Crippen LogP contribution < -0.4 is 5.32 Å². The smallest absolute Gasteiger partial charge is 0.0929 e. The van der Waals surface area contributed by atoms with Gasteiger partial charge in [-0.25, -0.2) is 0 Å². The second-order valence-corrected chi connectivity index (χ2v) is 3.16. The van der Waals surface area contributed by atoms with Crippen LogP contribution >= 0.6 is 0 Å². The van der Waals surface area contributed by atoms with Crippen LogP contribution in [0.5, 0.6) is 0 Å². The first-order valence-electron chi connectivity index (χ1n) is 4.59. The van der Waals surface area contributed by atoms with Crippen molar-refractivity contribution in [3.05, 3.63) is 35.9 Å². The predicted octanol–water partition coefficient (Wildman–Crippen LogP) is 1.22. The summed E-state index contributed by atoms with van der Waals surface area (Å²) in [6, 6.07) is 11.3. The molecule has 0 amide bonds. The maximum atomic E-state index is 9.15. The number of aliphatic hydroxyl groups is 1. The van der Waals surface area contributed by atoms with Crippen LogP contribution in [0.15, 0.2) is 30.3 Å². The van der Waals surface area contributed by atoms with Gasteiger partial charge in [0.1, 0.15) is 0 Å². The van der Waals surface area contributed by atoms with Crippen LogP contribution in [0.2, 0.25) is 0 Å². The first-order valence-corrected chi connectivity index (χ1v) is 4.59. The Bertz CT molecular complexity index is 305. The number of benzene rings is 1. The molecule has 3 heteroatoms. The number of nitriles is 1. The Balaban J connectivity index is 2.69. The highest BCUT2D eigenvalue weighted by Gasteiger charge is 2.11. The van der Waals surface area contributed by atoms with Crippen molar-refractivity contribution in [3.63, 3.8) is 0 Å². The van der Waals surface area contributed by atoms with Crippen molar-refractivity contribution < 1.29 is 5.11 Å². The number of hydrogen-bond donors (Lipinski definition) is 2. The Hall–Kier alpha value is -1.37. The zero-order valence-electron chi connectivity index (χ0n) is 8.14. The molecule has 0 aromatic heterocycles. The van der Waals surface area contributed by atoms with Crippen LogP contribution in [-0.4, -0.2) is 17.8 Å². The van der Waals surface area contributed by atoms with Crippen molar-refractivity contribution in [2.75, 3.05) is 6.61 Å². The Morgan fingerprint density at radius 2 is 2.07 bits per heavy atom. The zero-order valence-corrected chi connectivity index (χ0v) is 8.14. The standard InChI is InChI=1S/C11H14N2O/c1-9(7-12)13-11(8-14)10-5-3-2-4-6-10/h2-6,9,11,13-14H,8H2,1H3. The van der Waals surface area contributed by atoms with Crippen molar-refractivity contribution in [1.29, 1.82) is 5.26 Å². The minimum absolute atomic E-state index is 0.00394. The second-order valence-electron chi connectivity index (χ2n) is 3.16. The van der Waals surface area contributed by atoms with E-state index in [1.165, 1.54) is 0 Å².